The van der Waals surface area contributed by atoms with Crippen molar-refractivity contribution in [3.05, 3.63) is 0 Å². The maximum atomic E-state index is 12.0. The standard InChI is InChI=1S/C12H17NO3/c14-11(13-8-3-4-8)9-6-1-2-7(5-6)10(9)12(15)16/h6-10H,1-5H2,(H,13,14)(H,15,16)/t6-,7-,9-,10+/m0/s1. The average Bonchev–Trinajstić information content (AvgIpc) is 2.81. The Morgan fingerprint density at radius 3 is 2.19 bits per heavy atom. The van der Waals surface area contributed by atoms with Crippen LogP contribution >= 0.6 is 0 Å². The number of carboxylic acids is 1. The zero-order valence-corrected chi connectivity index (χ0v) is 9.19. The van der Waals surface area contributed by atoms with Gasteiger partial charge in [-0.15, -0.1) is 0 Å². The Labute approximate surface area is 94.4 Å². The SMILES string of the molecule is O=C(O)[C@@H]1[C@H]2CC[C@@H](C2)[C@@H]1C(=O)NC1CC1. The molecule has 2 N–H and O–H groups in total. The molecule has 0 radical (unpaired) electrons. The van der Waals surface area contributed by atoms with E-state index in [4.69, 9.17) is 0 Å². The molecule has 16 heavy (non-hydrogen) atoms. The molecule has 0 spiro atoms. The Kier molecular flexibility index (Phi) is 2.19. The molecule has 3 fully saturated rings. The van der Waals surface area contributed by atoms with Gasteiger partial charge in [0, 0.05) is 6.04 Å². The van der Waals surface area contributed by atoms with E-state index < -0.39 is 11.9 Å². The Morgan fingerprint density at radius 2 is 1.62 bits per heavy atom. The minimum Gasteiger partial charge on any atom is -0.481 e. The molecule has 0 aromatic carbocycles. The Morgan fingerprint density at radius 1 is 1.00 bits per heavy atom. The first-order valence-electron chi connectivity index (χ1n) is 6.20. The number of rotatable bonds is 3. The van der Waals surface area contributed by atoms with Crippen molar-refractivity contribution in [1.29, 1.82) is 0 Å². The van der Waals surface area contributed by atoms with Gasteiger partial charge in [-0.1, -0.05) is 0 Å². The van der Waals surface area contributed by atoms with Crippen molar-refractivity contribution in [3.8, 4) is 0 Å². The lowest BCUT2D eigenvalue weighted by molar-refractivity contribution is -0.149. The van der Waals surface area contributed by atoms with Crippen molar-refractivity contribution >= 4 is 11.9 Å². The smallest absolute Gasteiger partial charge is 0.307 e. The predicted molar refractivity (Wildman–Crippen MR) is 56.6 cm³/mol. The van der Waals surface area contributed by atoms with Gasteiger partial charge in [0.25, 0.3) is 0 Å². The van der Waals surface area contributed by atoms with Gasteiger partial charge in [0.05, 0.1) is 11.8 Å². The summed E-state index contributed by atoms with van der Waals surface area (Å²) in [6.07, 6.45) is 5.10. The quantitative estimate of drug-likeness (QED) is 0.750. The van der Waals surface area contributed by atoms with Crippen molar-refractivity contribution in [3.63, 3.8) is 0 Å². The maximum Gasteiger partial charge on any atom is 0.307 e. The van der Waals surface area contributed by atoms with Crippen LogP contribution in [0.5, 0.6) is 0 Å². The molecule has 0 aromatic heterocycles. The lowest BCUT2D eigenvalue weighted by Crippen LogP contribution is -2.42. The number of aliphatic carboxylic acids is 1. The lowest BCUT2D eigenvalue weighted by Gasteiger charge is -2.27. The topological polar surface area (TPSA) is 66.4 Å². The number of carbonyl (C=O) groups is 2. The predicted octanol–water partition coefficient (Wildman–Crippen LogP) is 1.01. The fourth-order valence-electron chi connectivity index (χ4n) is 3.55. The molecule has 88 valence electrons. The van der Waals surface area contributed by atoms with Crippen LogP contribution in [0.15, 0.2) is 0 Å². The van der Waals surface area contributed by atoms with Crippen LogP contribution in [0.2, 0.25) is 0 Å². The minimum atomic E-state index is -0.775. The molecule has 3 rings (SSSR count). The van der Waals surface area contributed by atoms with E-state index in [0.717, 1.165) is 32.1 Å². The van der Waals surface area contributed by atoms with Gasteiger partial charge < -0.3 is 10.4 Å². The van der Waals surface area contributed by atoms with Crippen LogP contribution in [0, 0.1) is 23.7 Å². The highest BCUT2D eigenvalue weighted by Crippen LogP contribution is 2.52. The highest BCUT2D eigenvalue weighted by Gasteiger charge is 2.54. The molecule has 0 aromatic rings. The van der Waals surface area contributed by atoms with E-state index in [1.807, 2.05) is 0 Å². The number of nitrogens with one attached hydrogen (secondary N) is 1. The first-order chi connectivity index (χ1) is 7.66. The molecule has 3 saturated carbocycles. The maximum absolute atomic E-state index is 12.0. The zero-order chi connectivity index (χ0) is 11.3. The summed E-state index contributed by atoms with van der Waals surface area (Å²) < 4.78 is 0. The molecule has 3 aliphatic rings. The van der Waals surface area contributed by atoms with Crippen LogP contribution in [0.1, 0.15) is 32.1 Å². The van der Waals surface area contributed by atoms with E-state index in [2.05, 4.69) is 5.32 Å². The van der Waals surface area contributed by atoms with E-state index >= 15 is 0 Å². The van der Waals surface area contributed by atoms with Crippen LogP contribution in [0.4, 0.5) is 0 Å². The van der Waals surface area contributed by atoms with Crippen molar-refractivity contribution in [2.45, 2.75) is 38.1 Å². The minimum absolute atomic E-state index is 0.00194. The first kappa shape index (κ1) is 10.1. The summed E-state index contributed by atoms with van der Waals surface area (Å²) in [6.45, 7) is 0. The highest BCUT2D eigenvalue weighted by atomic mass is 16.4. The van der Waals surface area contributed by atoms with Gasteiger partial charge in [-0.3, -0.25) is 9.59 Å². The number of hydrogen-bond donors (Lipinski definition) is 2. The molecule has 4 heteroatoms. The van der Waals surface area contributed by atoms with Gasteiger partial charge in [0.15, 0.2) is 0 Å². The molecule has 1 amide bonds. The zero-order valence-electron chi connectivity index (χ0n) is 9.19. The van der Waals surface area contributed by atoms with Gasteiger partial charge in [-0.2, -0.15) is 0 Å². The van der Waals surface area contributed by atoms with E-state index in [-0.39, 0.29) is 17.7 Å². The number of amides is 1. The van der Waals surface area contributed by atoms with Crippen LogP contribution in [0.25, 0.3) is 0 Å². The van der Waals surface area contributed by atoms with Crippen molar-refractivity contribution in [2.24, 2.45) is 23.7 Å². The lowest BCUT2D eigenvalue weighted by atomic mass is 9.78. The number of hydrogen-bond acceptors (Lipinski definition) is 2. The molecule has 4 atom stereocenters. The van der Waals surface area contributed by atoms with Gasteiger partial charge in [-0.25, -0.2) is 0 Å². The van der Waals surface area contributed by atoms with E-state index in [1.54, 1.807) is 0 Å². The average molecular weight is 223 g/mol. The van der Waals surface area contributed by atoms with E-state index in [1.165, 1.54) is 0 Å². The second-order valence-corrected chi connectivity index (χ2v) is 5.51. The fourth-order valence-corrected chi connectivity index (χ4v) is 3.55. The summed E-state index contributed by atoms with van der Waals surface area (Å²) in [5.74, 6) is -0.873. The Hall–Kier alpha value is -1.06. The third kappa shape index (κ3) is 1.51. The molecule has 0 saturated heterocycles. The Bertz CT molecular complexity index is 337. The summed E-state index contributed by atoms with van der Waals surface area (Å²) in [5.41, 5.74) is 0. The molecular weight excluding hydrogens is 206 g/mol. The summed E-state index contributed by atoms with van der Waals surface area (Å²) in [7, 11) is 0. The second kappa shape index (κ2) is 3.47. The van der Waals surface area contributed by atoms with Crippen molar-refractivity contribution < 1.29 is 14.7 Å². The molecule has 0 aliphatic heterocycles. The van der Waals surface area contributed by atoms with Crippen LogP contribution in [-0.2, 0) is 9.59 Å². The molecule has 2 bridgehead atoms. The van der Waals surface area contributed by atoms with Crippen LogP contribution in [0.3, 0.4) is 0 Å². The van der Waals surface area contributed by atoms with Crippen molar-refractivity contribution in [1.82, 2.24) is 5.32 Å². The normalized spacial score (nSPS) is 41.0. The van der Waals surface area contributed by atoms with E-state index in [9.17, 15) is 14.7 Å². The third-order valence-corrected chi connectivity index (χ3v) is 4.43. The summed E-state index contributed by atoms with van der Waals surface area (Å²) >= 11 is 0. The number of fused-ring (bicyclic) bond motifs is 2. The van der Waals surface area contributed by atoms with E-state index in [0.29, 0.717) is 12.0 Å². The van der Waals surface area contributed by atoms with Gasteiger partial charge >= 0.3 is 5.97 Å². The second-order valence-electron chi connectivity index (χ2n) is 5.51. The van der Waals surface area contributed by atoms with Gasteiger partial charge in [0.1, 0.15) is 0 Å². The monoisotopic (exact) mass is 223 g/mol. The molecule has 0 unspecified atom stereocenters. The third-order valence-electron chi connectivity index (χ3n) is 4.43. The number of carboxylic acid groups (broad SMARTS) is 1. The highest BCUT2D eigenvalue weighted by molar-refractivity contribution is 5.86. The largest absolute Gasteiger partial charge is 0.481 e. The Balaban J connectivity index is 1.75. The summed E-state index contributed by atoms with van der Waals surface area (Å²) in [4.78, 5) is 23.3. The van der Waals surface area contributed by atoms with Crippen LogP contribution in [-0.4, -0.2) is 23.0 Å². The molecule has 0 heterocycles. The molecule has 3 aliphatic carbocycles. The molecule has 4 nitrogen and oxygen atoms in total. The van der Waals surface area contributed by atoms with Crippen LogP contribution < -0.4 is 5.32 Å². The number of carbonyl (C=O) groups excluding carboxylic acids is 1. The molecular formula is C12H17NO3. The van der Waals surface area contributed by atoms with Crippen molar-refractivity contribution in [2.75, 3.05) is 0 Å². The summed E-state index contributed by atoms with van der Waals surface area (Å²) in [6, 6.07) is 0.334. The first-order valence-corrected chi connectivity index (χ1v) is 6.20. The van der Waals surface area contributed by atoms with Gasteiger partial charge in [0.2, 0.25) is 5.91 Å². The fraction of sp³-hybridized carbons (Fsp3) is 0.833. The van der Waals surface area contributed by atoms with Gasteiger partial charge in [-0.05, 0) is 43.9 Å². The summed E-state index contributed by atoms with van der Waals surface area (Å²) in [5, 5.41) is 12.2.